The predicted octanol–water partition coefficient (Wildman–Crippen LogP) is 0.878. The van der Waals surface area contributed by atoms with Crippen LogP contribution in [0.15, 0.2) is 30.3 Å². The summed E-state index contributed by atoms with van der Waals surface area (Å²) < 4.78 is 0. The van der Waals surface area contributed by atoms with Crippen LogP contribution in [0.25, 0.3) is 0 Å². The Bertz CT molecular complexity index is 487. The highest BCUT2D eigenvalue weighted by atomic mass is 16.3. The number of benzene rings is 1. The molecule has 2 atom stereocenters. The van der Waals surface area contributed by atoms with Crippen molar-refractivity contribution in [3.63, 3.8) is 0 Å². The molecule has 0 radical (unpaired) electrons. The van der Waals surface area contributed by atoms with Crippen molar-refractivity contribution in [2.45, 2.75) is 39.1 Å². The van der Waals surface area contributed by atoms with Gasteiger partial charge in [-0.05, 0) is 5.56 Å². The number of nitrogens with one attached hydrogen (secondary N) is 1. The van der Waals surface area contributed by atoms with Gasteiger partial charge >= 0.3 is 0 Å². The number of carbonyl (C=O) groups is 2. The number of hydrogen-bond acceptors (Lipinski definition) is 3. The number of amides is 2. The summed E-state index contributed by atoms with van der Waals surface area (Å²) in [5.41, 5.74) is 0.971. The molecule has 0 saturated carbocycles. The van der Waals surface area contributed by atoms with E-state index in [1.165, 1.54) is 4.90 Å². The largest absolute Gasteiger partial charge is 0.388 e. The third-order valence-electron chi connectivity index (χ3n) is 3.41. The zero-order chi connectivity index (χ0) is 14.7. The van der Waals surface area contributed by atoms with E-state index >= 15 is 0 Å². The molecule has 5 heteroatoms. The van der Waals surface area contributed by atoms with Gasteiger partial charge < -0.3 is 15.3 Å². The second-order valence-electron chi connectivity index (χ2n) is 5.39. The maximum atomic E-state index is 12.0. The van der Waals surface area contributed by atoms with Crippen molar-refractivity contribution < 1.29 is 14.7 Å². The molecule has 0 bridgehead atoms. The van der Waals surface area contributed by atoms with Crippen LogP contribution in [-0.2, 0) is 16.1 Å². The molecule has 0 unspecified atom stereocenters. The lowest BCUT2D eigenvalue weighted by atomic mass is 10.2. The van der Waals surface area contributed by atoms with E-state index in [1.807, 2.05) is 30.3 Å². The molecular weight excluding hydrogens is 256 g/mol. The van der Waals surface area contributed by atoms with Gasteiger partial charge in [-0.1, -0.05) is 44.2 Å². The highest BCUT2D eigenvalue weighted by molar-refractivity contribution is 5.83. The van der Waals surface area contributed by atoms with Crippen LogP contribution in [0.3, 0.4) is 0 Å². The molecule has 20 heavy (non-hydrogen) atoms. The molecule has 1 heterocycles. The fourth-order valence-corrected chi connectivity index (χ4v) is 2.22. The maximum absolute atomic E-state index is 12.0. The van der Waals surface area contributed by atoms with Crippen LogP contribution in [0.4, 0.5) is 0 Å². The first-order chi connectivity index (χ1) is 9.49. The Balaban J connectivity index is 2.11. The molecule has 2 N–H and O–H groups in total. The van der Waals surface area contributed by atoms with Gasteiger partial charge in [0.15, 0.2) is 0 Å². The van der Waals surface area contributed by atoms with Gasteiger partial charge in [-0.2, -0.15) is 0 Å². The second-order valence-corrected chi connectivity index (χ2v) is 5.39. The van der Waals surface area contributed by atoms with Crippen LogP contribution in [0.5, 0.6) is 0 Å². The van der Waals surface area contributed by atoms with E-state index in [-0.39, 0.29) is 24.2 Å². The van der Waals surface area contributed by atoms with Gasteiger partial charge in [-0.15, -0.1) is 0 Å². The van der Waals surface area contributed by atoms with Crippen LogP contribution in [0.1, 0.15) is 25.8 Å². The van der Waals surface area contributed by atoms with Crippen molar-refractivity contribution in [1.82, 2.24) is 10.2 Å². The van der Waals surface area contributed by atoms with Gasteiger partial charge in [0, 0.05) is 12.5 Å². The van der Waals surface area contributed by atoms with Crippen molar-refractivity contribution in [2.24, 2.45) is 5.92 Å². The van der Waals surface area contributed by atoms with Crippen molar-refractivity contribution >= 4 is 11.8 Å². The number of carbonyl (C=O) groups excluding carboxylic acids is 2. The molecular formula is C15H20N2O3. The smallest absolute Gasteiger partial charge is 0.227 e. The average Bonchev–Trinajstić information content (AvgIpc) is 2.67. The van der Waals surface area contributed by atoms with Gasteiger partial charge in [-0.25, -0.2) is 0 Å². The quantitative estimate of drug-likeness (QED) is 0.857. The van der Waals surface area contributed by atoms with Crippen molar-refractivity contribution in [3.05, 3.63) is 35.9 Å². The first-order valence-electron chi connectivity index (χ1n) is 6.81. The molecule has 1 aliphatic rings. The molecule has 0 aromatic heterocycles. The van der Waals surface area contributed by atoms with Gasteiger partial charge in [0.1, 0.15) is 12.3 Å². The minimum absolute atomic E-state index is 0.0515. The Morgan fingerprint density at radius 2 is 2.05 bits per heavy atom. The third kappa shape index (κ3) is 3.17. The molecule has 1 aromatic carbocycles. The number of aliphatic hydroxyl groups excluding tert-OH is 1. The van der Waals surface area contributed by atoms with E-state index in [4.69, 9.17) is 0 Å². The Labute approximate surface area is 118 Å². The number of likely N-dealkylation sites (tertiary alicyclic amines) is 1. The second kappa shape index (κ2) is 6.05. The van der Waals surface area contributed by atoms with Gasteiger partial charge in [0.05, 0.1) is 6.42 Å². The highest BCUT2D eigenvalue weighted by Gasteiger charge is 2.39. The van der Waals surface area contributed by atoms with E-state index in [2.05, 4.69) is 5.32 Å². The van der Waals surface area contributed by atoms with Crippen LogP contribution in [0, 0.1) is 5.92 Å². The summed E-state index contributed by atoms with van der Waals surface area (Å²) in [7, 11) is 0. The van der Waals surface area contributed by atoms with Crippen LogP contribution in [0.2, 0.25) is 0 Å². The first kappa shape index (κ1) is 14.5. The molecule has 1 saturated heterocycles. The highest BCUT2D eigenvalue weighted by Crippen LogP contribution is 2.20. The molecule has 2 amide bonds. The summed E-state index contributed by atoms with van der Waals surface area (Å²) in [5, 5.41) is 12.7. The fraction of sp³-hybridized carbons (Fsp3) is 0.467. The minimum atomic E-state index is -0.853. The molecule has 0 spiro atoms. The van der Waals surface area contributed by atoms with Crippen molar-refractivity contribution in [3.8, 4) is 0 Å². The standard InChI is InChI=1S/C15H20N2O3/c1-10(2)15(20)16-14-12(18)8-13(19)17(14)9-11-6-4-3-5-7-11/h3-7,10,12,14,18H,8-9H2,1-2H3,(H,16,20)/t12-,14+/m0/s1. The zero-order valence-corrected chi connectivity index (χ0v) is 11.7. The van der Waals surface area contributed by atoms with Crippen molar-refractivity contribution in [1.29, 1.82) is 0 Å². The monoisotopic (exact) mass is 276 g/mol. The van der Waals surface area contributed by atoms with Crippen LogP contribution in [-0.4, -0.2) is 34.1 Å². The molecule has 1 aliphatic heterocycles. The number of aliphatic hydroxyl groups is 1. The molecule has 0 aliphatic carbocycles. The minimum Gasteiger partial charge on any atom is -0.388 e. The summed E-state index contributed by atoms with van der Waals surface area (Å²) in [6.45, 7) is 3.94. The Morgan fingerprint density at radius 1 is 1.40 bits per heavy atom. The van der Waals surface area contributed by atoms with E-state index in [0.29, 0.717) is 6.54 Å². The lowest BCUT2D eigenvalue weighted by molar-refractivity contribution is -0.132. The SMILES string of the molecule is CC(C)C(=O)N[C@H]1[C@@H](O)CC(=O)N1Cc1ccccc1. The zero-order valence-electron chi connectivity index (χ0n) is 11.7. The lowest BCUT2D eigenvalue weighted by Gasteiger charge is -2.28. The fourth-order valence-electron chi connectivity index (χ4n) is 2.22. The number of hydrogen-bond donors (Lipinski definition) is 2. The molecule has 5 nitrogen and oxygen atoms in total. The molecule has 2 rings (SSSR count). The Hall–Kier alpha value is -1.88. The topological polar surface area (TPSA) is 69.6 Å². The Kier molecular flexibility index (Phi) is 4.39. The normalized spacial score (nSPS) is 22.4. The third-order valence-corrected chi connectivity index (χ3v) is 3.41. The summed E-state index contributed by atoms with van der Waals surface area (Å²) in [4.78, 5) is 25.3. The van der Waals surface area contributed by atoms with E-state index in [0.717, 1.165) is 5.56 Å². The summed E-state index contributed by atoms with van der Waals surface area (Å²) in [6, 6.07) is 9.53. The molecule has 1 fully saturated rings. The van der Waals surface area contributed by atoms with E-state index < -0.39 is 12.3 Å². The average molecular weight is 276 g/mol. The van der Waals surface area contributed by atoms with Gasteiger partial charge in [0.25, 0.3) is 0 Å². The predicted molar refractivity (Wildman–Crippen MR) is 74.4 cm³/mol. The van der Waals surface area contributed by atoms with Crippen LogP contribution < -0.4 is 5.32 Å². The van der Waals surface area contributed by atoms with Crippen LogP contribution >= 0.6 is 0 Å². The number of nitrogens with zero attached hydrogens (tertiary/aromatic N) is 1. The Morgan fingerprint density at radius 3 is 2.65 bits per heavy atom. The molecule has 108 valence electrons. The first-order valence-corrected chi connectivity index (χ1v) is 6.81. The van der Waals surface area contributed by atoms with E-state index in [9.17, 15) is 14.7 Å². The number of rotatable bonds is 4. The van der Waals surface area contributed by atoms with Gasteiger partial charge in [-0.3, -0.25) is 9.59 Å². The summed E-state index contributed by atoms with van der Waals surface area (Å²) in [5.74, 6) is -0.492. The molecule has 1 aromatic rings. The summed E-state index contributed by atoms with van der Waals surface area (Å²) in [6.07, 6.45) is -1.44. The lowest BCUT2D eigenvalue weighted by Crippen LogP contribution is -2.50. The summed E-state index contributed by atoms with van der Waals surface area (Å²) >= 11 is 0. The van der Waals surface area contributed by atoms with E-state index in [1.54, 1.807) is 13.8 Å². The maximum Gasteiger partial charge on any atom is 0.227 e. The van der Waals surface area contributed by atoms with Crippen molar-refractivity contribution in [2.75, 3.05) is 0 Å². The van der Waals surface area contributed by atoms with Gasteiger partial charge in [0.2, 0.25) is 11.8 Å².